The zero-order valence-corrected chi connectivity index (χ0v) is 18.0. The van der Waals surface area contributed by atoms with Crippen molar-refractivity contribution in [3.8, 4) is 0 Å². The number of carbonyl (C=O) groups is 2. The first-order valence-corrected chi connectivity index (χ1v) is 10.4. The third-order valence-corrected chi connectivity index (χ3v) is 5.47. The molecule has 2 N–H and O–H groups in total. The molecule has 0 aliphatic carbocycles. The van der Waals surface area contributed by atoms with E-state index in [0.29, 0.717) is 11.3 Å². The molecule has 4 rings (SSSR count). The van der Waals surface area contributed by atoms with Gasteiger partial charge in [-0.15, -0.1) is 0 Å². The third kappa shape index (κ3) is 4.49. The lowest BCUT2D eigenvalue weighted by molar-refractivity contribution is -0.136. The summed E-state index contributed by atoms with van der Waals surface area (Å²) in [5, 5.41) is 5.64. The van der Waals surface area contributed by atoms with E-state index in [2.05, 4.69) is 27.7 Å². The number of nitrogens with zero attached hydrogens (tertiary/aromatic N) is 1. The Morgan fingerprint density at radius 3 is 2.19 bits per heavy atom. The van der Waals surface area contributed by atoms with Gasteiger partial charge >= 0.3 is 12.0 Å². The van der Waals surface area contributed by atoms with E-state index < -0.39 is 12.0 Å². The Balaban J connectivity index is 1.66. The summed E-state index contributed by atoms with van der Waals surface area (Å²) in [7, 11) is 3.37. The van der Waals surface area contributed by atoms with Crippen molar-refractivity contribution in [2.75, 3.05) is 19.1 Å². The molecule has 1 heterocycles. The Labute approximate surface area is 187 Å². The number of urea groups is 1. The second kappa shape index (κ2) is 9.39. The van der Waals surface area contributed by atoms with Crippen molar-refractivity contribution in [3.63, 3.8) is 0 Å². The quantitative estimate of drug-likeness (QED) is 0.577. The highest BCUT2D eigenvalue weighted by atomic mass is 16.5. The van der Waals surface area contributed by atoms with Crippen molar-refractivity contribution >= 4 is 23.4 Å². The fourth-order valence-electron chi connectivity index (χ4n) is 3.85. The van der Waals surface area contributed by atoms with Crippen LogP contribution in [0.25, 0.3) is 5.70 Å². The number of rotatable bonds is 6. The van der Waals surface area contributed by atoms with Gasteiger partial charge in [0, 0.05) is 19.3 Å². The smallest absolute Gasteiger partial charge is 0.338 e. The molecule has 1 aliphatic heterocycles. The number of nitrogens with one attached hydrogen (secondary N) is 2. The molecule has 0 saturated heterocycles. The van der Waals surface area contributed by atoms with E-state index in [1.54, 1.807) is 0 Å². The monoisotopic (exact) mass is 427 g/mol. The van der Waals surface area contributed by atoms with Crippen molar-refractivity contribution in [2.24, 2.45) is 0 Å². The van der Waals surface area contributed by atoms with Crippen LogP contribution in [-0.4, -0.2) is 26.2 Å². The Morgan fingerprint density at radius 1 is 0.938 bits per heavy atom. The first kappa shape index (κ1) is 21.2. The van der Waals surface area contributed by atoms with E-state index in [-0.39, 0.29) is 6.03 Å². The van der Waals surface area contributed by atoms with E-state index in [0.717, 1.165) is 23.4 Å². The SMILES string of the molecule is COC(=O)C1=C(c2ccccc2)NC(=O)NC1c1ccc(N(C)Cc2ccccc2)cc1. The highest BCUT2D eigenvalue weighted by Crippen LogP contribution is 2.32. The van der Waals surface area contributed by atoms with Gasteiger partial charge in [-0.1, -0.05) is 72.8 Å². The van der Waals surface area contributed by atoms with Crippen LogP contribution in [0.1, 0.15) is 22.7 Å². The van der Waals surface area contributed by atoms with Crippen LogP contribution in [0.5, 0.6) is 0 Å². The first-order chi connectivity index (χ1) is 15.6. The van der Waals surface area contributed by atoms with E-state index >= 15 is 0 Å². The van der Waals surface area contributed by atoms with Crippen LogP contribution in [0.2, 0.25) is 0 Å². The minimum absolute atomic E-state index is 0.365. The predicted molar refractivity (Wildman–Crippen MR) is 125 cm³/mol. The van der Waals surface area contributed by atoms with Gasteiger partial charge < -0.3 is 20.3 Å². The summed E-state index contributed by atoms with van der Waals surface area (Å²) >= 11 is 0. The predicted octanol–water partition coefficient (Wildman–Crippen LogP) is 4.26. The number of amides is 2. The molecule has 6 heteroatoms. The molecule has 3 aromatic carbocycles. The first-order valence-electron chi connectivity index (χ1n) is 10.4. The summed E-state index contributed by atoms with van der Waals surface area (Å²) in [4.78, 5) is 27.3. The second-order valence-electron chi connectivity index (χ2n) is 7.61. The van der Waals surface area contributed by atoms with E-state index in [9.17, 15) is 9.59 Å². The molecule has 1 unspecified atom stereocenters. The number of carbonyl (C=O) groups excluding carboxylic acids is 2. The van der Waals surface area contributed by atoms with Crippen LogP contribution < -0.4 is 15.5 Å². The lowest BCUT2D eigenvalue weighted by Crippen LogP contribution is -2.45. The maximum atomic E-state index is 12.7. The van der Waals surface area contributed by atoms with Crippen molar-refractivity contribution in [3.05, 3.63) is 107 Å². The van der Waals surface area contributed by atoms with Crippen LogP contribution in [0.15, 0.2) is 90.5 Å². The molecule has 162 valence electrons. The normalized spacial score (nSPS) is 15.6. The van der Waals surface area contributed by atoms with Crippen molar-refractivity contribution in [1.29, 1.82) is 0 Å². The van der Waals surface area contributed by atoms with Gasteiger partial charge in [-0.05, 0) is 28.8 Å². The molecule has 1 aliphatic rings. The van der Waals surface area contributed by atoms with Crippen LogP contribution in [-0.2, 0) is 16.1 Å². The lowest BCUT2D eigenvalue weighted by atomic mass is 9.92. The molecular weight excluding hydrogens is 402 g/mol. The molecular formula is C26H25N3O3. The molecule has 1 atom stereocenters. The van der Waals surface area contributed by atoms with Crippen LogP contribution >= 0.6 is 0 Å². The molecule has 32 heavy (non-hydrogen) atoms. The number of benzene rings is 3. The number of methoxy groups -OCH3 is 1. The molecule has 0 aromatic heterocycles. The Kier molecular flexibility index (Phi) is 6.22. The number of hydrogen-bond donors (Lipinski definition) is 2. The van der Waals surface area contributed by atoms with Gasteiger partial charge in [0.1, 0.15) is 0 Å². The van der Waals surface area contributed by atoms with Gasteiger partial charge in [0.05, 0.1) is 24.4 Å². The molecule has 6 nitrogen and oxygen atoms in total. The number of hydrogen-bond acceptors (Lipinski definition) is 4. The van der Waals surface area contributed by atoms with Gasteiger partial charge in [0.25, 0.3) is 0 Å². The van der Waals surface area contributed by atoms with E-state index in [4.69, 9.17) is 4.74 Å². The van der Waals surface area contributed by atoms with Crippen LogP contribution in [0, 0.1) is 0 Å². The van der Waals surface area contributed by atoms with Crippen molar-refractivity contribution in [2.45, 2.75) is 12.6 Å². The molecule has 0 fully saturated rings. The summed E-state index contributed by atoms with van der Waals surface area (Å²) in [6.45, 7) is 0.774. The molecule has 2 amide bonds. The molecule has 0 saturated carbocycles. The van der Waals surface area contributed by atoms with Crippen molar-refractivity contribution < 1.29 is 14.3 Å². The molecule has 0 bridgehead atoms. The number of anilines is 1. The Bertz CT molecular complexity index is 1130. The second-order valence-corrected chi connectivity index (χ2v) is 7.61. The summed E-state index contributed by atoms with van der Waals surface area (Å²) < 4.78 is 5.06. The zero-order valence-electron chi connectivity index (χ0n) is 18.0. The van der Waals surface area contributed by atoms with Gasteiger partial charge in [-0.3, -0.25) is 0 Å². The minimum Gasteiger partial charge on any atom is -0.466 e. The van der Waals surface area contributed by atoms with E-state index in [1.807, 2.05) is 79.8 Å². The topological polar surface area (TPSA) is 70.7 Å². The van der Waals surface area contributed by atoms with Gasteiger partial charge in [-0.25, -0.2) is 9.59 Å². The summed E-state index contributed by atoms with van der Waals surface area (Å²) in [6.07, 6.45) is 0. The van der Waals surface area contributed by atoms with Gasteiger partial charge in [0.15, 0.2) is 0 Å². The van der Waals surface area contributed by atoms with Crippen molar-refractivity contribution in [1.82, 2.24) is 10.6 Å². The average Bonchev–Trinajstić information content (AvgIpc) is 2.84. The number of esters is 1. The fraction of sp³-hybridized carbons (Fsp3) is 0.154. The third-order valence-electron chi connectivity index (χ3n) is 5.47. The fourth-order valence-corrected chi connectivity index (χ4v) is 3.85. The molecule has 0 radical (unpaired) electrons. The summed E-state index contributed by atoms with van der Waals surface area (Å²) in [6, 6.07) is 26.4. The van der Waals surface area contributed by atoms with Gasteiger partial charge in [-0.2, -0.15) is 0 Å². The number of ether oxygens (including phenoxy) is 1. The van der Waals surface area contributed by atoms with Crippen LogP contribution in [0.4, 0.5) is 10.5 Å². The standard InChI is InChI=1S/C26H25N3O3/c1-29(17-18-9-5-3-6-10-18)21-15-13-20(14-16-21)24-22(25(30)32-2)23(27-26(31)28-24)19-11-7-4-8-12-19/h3-16,24H,17H2,1-2H3,(H2,27,28,31). The average molecular weight is 428 g/mol. The van der Waals surface area contributed by atoms with E-state index in [1.165, 1.54) is 12.7 Å². The summed E-state index contributed by atoms with van der Waals surface area (Å²) in [5.74, 6) is -0.494. The van der Waals surface area contributed by atoms with Crippen LogP contribution in [0.3, 0.4) is 0 Å². The lowest BCUT2D eigenvalue weighted by Gasteiger charge is -2.29. The Morgan fingerprint density at radius 2 is 1.56 bits per heavy atom. The highest BCUT2D eigenvalue weighted by molar-refractivity contribution is 6.04. The maximum absolute atomic E-state index is 12.7. The largest absolute Gasteiger partial charge is 0.466 e. The zero-order chi connectivity index (χ0) is 22.5. The molecule has 3 aromatic rings. The highest BCUT2D eigenvalue weighted by Gasteiger charge is 2.34. The summed E-state index contributed by atoms with van der Waals surface area (Å²) in [5.41, 5.74) is 4.61. The van der Waals surface area contributed by atoms with Gasteiger partial charge in [0.2, 0.25) is 0 Å². The molecule has 0 spiro atoms. The Hall–Kier alpha value is -4.06. The maximum Gasteiger partial charge on any atom is 0.338 e. The minimum atomic E-state index is -0.625.